The molecule has 0 spiro atoms. The molecule has 1 aromatic carbocycles. The van der Waals surface area contributed by atoms with E-state index in [4.69, 9.17) is 23.7 Å². The molecule has 18 nitrogen and oxygen atoms in total. The highest BCUT2D eigenvalue weighted by molar-refractivity contribution is 5.97. The smallest absolute Gasteiger partial charge is 0.328 e. The van der Waals surface area contributed by atoms with Crippen LogP contribution in [0.3, 0.4) is 0 Å². The minimum atomic E-state index is -0.408. The Bertz CT molecular complexity index is 2540. The quantitative estimate of drug-likeness (QED) is 0.0305. The number of anilines is 1. The van der Waals surface area contributed by atoms with Crippen LogP contribution in [0.1, 0.15) is 336 Å². The normalized spacial score (nSPS) is 12.5. The predicted molar refractivity (Wildman–Crippen MR) is 394 cm³/mol. The van der Waals surface area contributed by atoms with E-state index in [1.54, 1.807) is 0 Å². The third-order valence-electron chi connectivity index (χ3n) is 18.8. The first-order valence-corrected chi connectivity index (χ1v) is 39.4. The standard InChI is InChI=1S/C79H137N7O11/c1-9-16-33-48-67(13-5)95-71(88)52-37-26-20-23-29-40-55-84(56-41-30-24-21-27-38-53-72(89)96-68(14-6)49-34-17-10-2)59-45-60-85(57-42-31-25-22-28-39-54-73(90)97-69(15-7)50-35-18-11-3)58-43-32-36-51-70(87)80-76-75-77(83-78(82-76)94-61-19-12-4)86(79(92)81-75)64-66-47-44-46-65(62-66)63-74(91)93-8/h44,46-47,62,67-69H,9-43,45,48-61,63-64H2,1-8H3,(H,81,92)(H,80,82,83,87). The van der Waals surface area contributed by atoms with Crippen LogP contribution < -0.4 is 15.7 Å². The van der Waals surface area contributed by atoms with E-state index < -0.39 is 5.69 Å². The molecule has 2 N–H and O–H groups in total. The molecule has 0 saturated heterocycles. The van der Waals surface area contributed by atoms with Gasteiger partial charge in [-0.2, -0.15) is 9.97 Å². The molecule has 0 aliphatic carbocycles. The van der Waals surface area contributed by atoms with Crippen molar-refractivity contribution in [2.45, 2.75) is 356 Å². The number of hydrogen-bond acceptors (Lipinski definition) is 15. The lowest BCUT2D eigenvalue weighted by Gasteiger charge is -2.26. The van der Waals surface area contributed by atoms with Crippen LogP contribution in [-0.4, -0.2) is 130 Å². The van der Waals surface area contributed by atoms with E-state index in [2.05, 4.69) is 78.5 Å². The number of carbonyl (C=O) groups excluding carboxylic acids is 5. The number of aromatic nitrogens is 4. The summed E-state index contributed by atoms with van der Waals surface area (Å²) in [6.07, 6.45) is 43.0. The van der Waals surface area contributed by atoms with E-state index >= 15 is 0 Å². The topological polar surface area (TPSA) is 214 Å². The second kappa shape index (κ2) is 56.4. The Balaban J connectivity index is 1.63. The molecular weight excluding hydrogens is 1220 g/mol. The van der Waals surface area contributed by atoms with Crippen LogP contribution in [0.2, 0.25) is 0 Å². The second-order valence-electron chi connectivity index (χ2n) is 27.4. The van der Waals surface area contributed by atoms with Crippen molar-refractivity contribution >= 4 is 46.8 Å². The van der Waals surface area contributed by atoms with Crippen LogP contribution >= 0.6 is 0 Å². The number of nitrogens with one attached hydrogen (secondary N) is 2. The molecule has 3 rings (SSSR count). The molecule has 3 aromatic rings. The third kappa shape index (κ3) is 41.1. The Morgan fingerprint density at radius 1 is 0.474 bits per heavy atom. The number of fused-ring (bicyclic) bond motifs is 1. The largest absolute Gasteiger partial charge is 0.469 e. The fourth-order valence-electron chi connectivity index (χ4n) is 12.6. The number of aromatic amines is 1. The van der Waals surface area contributed by atoms with Crippen molar-refractivity contribution in [2.75, 3.05) is 58.3 Å². The highest BCUT2D eigenvalue weighted by atomic mass is 16.6. The summed E-state index contributed by atoms with van der Waals surface area (Å²) in [5.74, 6) is -0.475. The average molecular weight is 1360 g/mol. The molecule has 3 unspecified atom stereocenters. The number of ether oxygens (including phenoxy) is 5. The van der Waals surface area contributed by atoms with Crippen molar-refractivity contribution < 1.29 is 47.7 Å². The summed E-state index contributed by atoms with van der Waals surface area (Å²) < 4.78 is 29.8. The van der Waals surface area contributed by atoms with Crippen molar-refractivity contribution in [2.24, 2.45) is 0 Å². The van der Waals surface area contributed by atoms with Gasteiger partial charge in [0.25, 0.3) is 0 Å². The number of carbonyl (C=O) groups is 5. The molecule has 2 aromatic heterocycles. The van der Waals surface area contributed by atoms with Gasteiger partial charge in [0.05, 0.1) is 26.7 Å². The Morgan fingerprint density at radius 3 is 1.31 bits per heavy atom. The summed E-state index contributed by atoms with van der Waals surface area (Å²) in [7, 11) is 1.36. The Kier molecular flexibility index (Phi) is 49.9. The zero-order valence-corrected chi connectivity index (χ0v) is 62.5. The molecule has 0 radical (unpaired) electrons. The van der Waals surface area contributed by atoms with Crippen molar-refractivity contribution in [3.63, 3.8) is 0 Å². The maximum atomic E-state index is 13.7. The maximum absolute atomic E-state index is 13.7. The van der Waals surface area contributed by atoms with Crippen molar-refractivity contribution in [3.8, 4) is 6.01 Å². The van der Waals surface area contributed by atoms with Gasteiger partial charge in [0.2, 0.25) is 5.91 Å². The number of rotatable bonds is 64. The van der Waals surface area contributed by atoms with E-state index in [1.807, 2.05) is 24.3 Å². The summed E-state index contributed by atoms with van der Waals surface area (Å²) in [6.45, 7) is 21.8. The molecule has 18 heteroatoms. The van der Waals surface area contributed by atoms with Crippen LogP contribution in [0.5, 0.6) is 6.01 Å². The number of hydrogen-bond donors (Lipinski definition) is 2. The molecule has 0 aliphatic heterocycles. The van der Waals surface area contributed by atoms with Crippen LogP contribution in [-0.2, 0) is 55.9 Å². The van der Waals surface area contributed by atoms with Crippen molar-refractivity contribution in [1.82, 2.24) is 29.3 Å². The number of unbranched alkanes of at least 4 members (excludes halogenated alkanes) is 24. The van der Waals surface area contributed by atoms with E-state index in [-0.39, 0.29) is 72.9 Å². The third-order valence-corrected chi connectivity index (χ3v) is 18.8. The predicted octanol–water partition coefficient (Wildman–Crippen LogP) is 18.5. The summed E-state index contributed by atoms with van der Waals surface area (Å²) in [4.78, 5) is 94.7. The fraction of sp³-hybridized carbons (Fsp3) is 0.797. The van der Waals surface area contributed by atoms with E-state index in [0.29, 0.717) is 49.9 Å². The van der Waals surface area contributed by atoms with Gasteiger partial charge >= 0.3 is 35.6 Å². The summed E-state index contributed by atoms with van der Waals surface area (Å²) in [5, 5.41) is 2.99. The molecule has 3 atom stereocenters. The van der Waals surface area contributed by atoms with E-state index in [1.165, 1.54) is 82.3 Å². The van der Waals surface area contributed by atoms with Gasteiger partial charge in [0.15, 0.2) is 11.5 Å². The average Bonchev–Trinajstić information content (AvgIpc) is 1.71. The summed E-state index contributed by atoms with van der Waals surface area (Å²) in [5.41, 5.74) is 1.78. The molecule has 1 amide bonds. The zero-order chi connectivity index (χ0) is 70.4. The van der Waals surface area contributed by atoms with Crippen LogP contribution in [0.4, 0.5) is 5.82 Å². The minimum absolute atomic E-state index is 0.0366. The summed E-state index contributed by atoms with van der Waals surface area (Å²) >= 11 is 0. The zero-order valence-electron chi connectivity index (χ0n) is 62.5. The second-order valence-corrected chi connectivity index (χ2v) is 27.4. The number of benzene rings is 1. The highest BCUT2D eigenvalue weighted by Gasteiger charge is 2.21. The Morgan fingerprint density at radius 2 is 0.876 bits per heavy atom. The highest BCUT2D eigenvalue weighted by Crippen LogP contribution is 2.24. The first kappa shape index (κ1) is 85.9. The lowest BCUT2D eigenvalue weighted by Crippen LogP contribution is -2.32. The maximum Gasteiger partial charge on any atom is 0.328 e. The first-order chi connectivity index (χ1) is 47.3. The van der Waals surface area contributed by atoms with E-state index in [0.717, 1.165) is 224 Å². The van der Waals surface area contributed by atoms with Gasteiger partial charge in [-0.1, -0.05) is 201 Å². The lowest BCUT2D eigenvalue weighted by molar-refractivity contribution is -0.150. The molecule has 0 fully saturated rings. The van der Waals surface area contributed by atoms with Gasteiger partial charge < -0.3 is 43.8 Å². The number of methoxy groups -OCH3 is 1. The first-order valence-electron chi connectivity index (χ1n) is 39.4. The molecule has 97 heavy (non-hydrogen) atoms. The number of nitrogens with zero attached hydrogens (tertiary/aromatic N) is 5. The molecule has 0 bridgehead atoms. The van der Waals surface area contributed by atoms with Crippen molar-refractivity contribution in [3.05, 3.63) is 45.9 Å². The van der Waals surface area contributed by atoms with Gasteiger partial charge in [0.1, 0.15) is 23.8 Å². The number of imidazole rings is 1. The number of H-pyrrole nitrogens is 1. The Hall–Kier alpha value is -5.36. The van der Waals surface area contributed by atoms with Gasteiger partial charge in [-0.05, 0) is 172 Å². The summed E-state index contributed by atoms with van der Waals surface area (Å²) in [6, 6.07) is 7.51. The molecule has 2 heterocycles. The molecule has 0 aliphatic rings. The van der Waals surface area contributed by atoms with Gasteiger partial charge in [-0.25, -0.2) is 4.79 Å². The van der Waals surface area contributed by atoms with Crippen LogP contribution in [0, 0.1) is 0 Å². The van der Waals surface area contributed by atoms with E-state index in [9.17, 15) is 28.8 Å². The van der Waals surface area contributed by atoms with Crippen LogP contribution in [0.25, 0.3) is 11.2 Å². The Labute approximate surface area is 587 Å². The number of amides is 1. The SMILES string of the molecule is CCCCCC(CC)OC(=O)CCCCCCCCN(CCCCCCCCC(=O)OC(CC)CCCCC)CCCN(CCCCCCCCC(=O)OC(CC)CCCCC)CCCCCC(=O)Nc1nc(OCCCC)nc2c1[nH]c(=O)n2Cc1cccc(CC(=O)OC)c1. The van der Waals surface area contributed by atoms with Gasteiger partial charge in [-0.15, -0.1) is 0 Å². The lowest BCUT2D eigenvalue weighted by atomic mass is 10.1. The molecular formula is C79H137N7O11. The molecule has 554 valence electrons. The molecule has 0 saturated carbocycles. The van der Waals surface area contributed by atoms with Gasteiger partial charge in [0, 0.05) is 25.7 Å². The van der Waals surface area contributed by atoms with Crippen molar-refractivity contribution in [1.29, 1.82) is 0 Å². The monoisotopic (exact) mass is 1360 g/mol. The minimum Gasteiger partial charge on any atom is -0.469 e. The van der Waals surface area contributed by atoms with Gasteiger partial charge in [-0.3, -0.25) is 28.5 Å². The van der Waals surface area contributed by atoms with Crippen LogP contribution in [0.15, 0.2) is 29.1 Å². The number of esters is 4. The fourth-order valence-corrected chi connectivity index (χ4v) is 12.6.